The van der Waals surface area contributed by atoms with E-state index in [0.29, 0.717) is 5.69 Å². The van der Waals surface area contributed by atoms with Crippen LogP contribution in [0.25, 0.3) is 0 Å². The van der Waals surface area contributed by atoms with E-state index in [2.05, 4.69) is 50.2 Å². The van der Waals surface area contributed by atoms with Crippen molar-refractivity contribution in [3.8, 4) is 0 Å². The molecule has 120 valence electrons. The standard InChI is InChI=1S/C16H29N3O2/c1-7-9-16(4,11-19(5)6)12(3)17-15(20)14-10-13(8-2)21-18-14/h10,12H,7-9,11H2,1-6H3,(H,17,20). The van der Waals surface area contributed by atoms with Crippen molar-refractivity contribution in [1.29, 1.82) is 0 Å². The molecule has 1 amide bonds. The predicted octanol–water partition coefficient (Wildman–Crippen LogP) is 2.72. The lowest BCUT2D eigenvalue weighted by Gasteiger charge is -2.38. The fraction of sp³-hybridized carbons (Fsp3) is 0.750. The molecule has 5 heteroatoms. The van der Waals surface area contributed by atoms with Crippen molar-refractivity contribution in [2.75, 3.05) is 20.6 Å². The molecule has 2 atom stereocenters. The molecule has 1 aromatic heterocycles. The lowest BCUT2D eigenvalue weighted by atomic mass is 9.78. The number of carbonyl (C=O) groups excluding carboxylic acids is 1. The Morgan fingerprint density at radius 2 is 2.14 bits per heavy atom. The van der Waals surface area contributed by atoms with Crippen LogP contribution in [0.3, 0.4) is 0 Å². The Morgan fingerprint density at radius 1 is 1.48 bits per heavy atom. The summed E-state index contributed by atoms with van der Waals surface area (Å²) >= 11 is 0. The van der Waals surface area contributed by atoms with Crippen LogP contribution in [-0.4, -0.2) is 42.6 Å². The summed E-state index contributed by atoms with van der Waals surface area (Å²) in [4.78, 5) is 14.4. The molecular weight excluding hydrogens is 266 g/mol. The maximum atomic E-state index is 12.3. The topological polar surface area (TPSA) is 58.4 Å². The minimum Gasteiger partial charge on any atom is -0.361 e. The van der Waals surface area contributed by atoms with Crippen LogP contribution < -0.4 is 5.32 Å². The van der Waals surface area contributed by atoms with Gasteiger partial charge in [-0.3, -0.25) is 4.79 Å². The molecule has 0 aliphatic rings. The molecule has 1 heterocycles. The summed E-state index contributed by atoms with van der Waals surface area (Å²) in [6.45, 7) is 9.37. The van der Waals surface area contributed by atoms with Crippen molar-refractivity contribution < 1.29 is 9.32 Å². The van der Waals surface area contributed by atoms with Crippen LogP contribution in [0.4, 0.5) is 0 Å². The Bertz CT molecular complexity index is 456. The van der Waals surface area contributed by atoms with Gasteiger partial charge in [-0.2, -0.15) is 0 Å². The lowest BCUT2D eigenvalue weighted by Crippen LogP contribution is -2.49. The van der Waals surface area contributed by atoms with Gasteiger partial charge in [0.2, 0.25) is 0 Å². The van der Waals surface area contributed by atoms with E-state index in [-0.39, 0.29) is 17.4 Å². The zero-order chi connectivity index (χ0) is 16.0. The van der Waals surface area contributed by atoms with Crippen LogP contribution in [0.15, 0.2) is 10.6 Å². The van der Waals surface area contributed by atoms with Crippen LogP contribution in [0.5, 0.6) is 0 Å². The molecule has 0 saturated heterocycles. The monoisotopic (exact) mass is 295 g/mol. The van der Waals surface area contributed by atoms with Gasteiger partial charge in [0.1, 0.15) is 5.76 Å². The highest BCUT2D eigenvalue weighted by Crippen LogP contribution is 2.28. The van der Waals surface area contributed by atoms with Gasteiger partial charge in [-0.05, 0) is 27.4 Å². The molecule has 0 spiro atoms. The van der Waals surface area contributed by atoms with E-state index in [0.717, 1.165) is 31.6 Å². The Labute approximate surface area is 128 Å². The van der Waals surface area contributed by atoms with Crippen LogP contribution >= 0.6 is 0 Å². The van der Waals surface area contributed by atoms with E-state index < -0.39 is 0 Å². The Kier molecular flexibility index (Phi) is 6.40. The van der Waals surface area contributed by atoms with E-state index >= 15 is 0 Å². The molecule has 0 saturated carbocycles. The van der Waals surface area contributed by atoms with Crippen molar-refractivity contribution in [1.82, 2.24) is 15.4 Å². The fourth-order valence-electron chi connectivity index (χ4n) is 2.76. The number of carbonyl (C=O) groups is 1. The third kappa shape index (κ3) is 4.84. The second-order valence-corrected chi connectivity index (χ2v) is 6.37. The molecule has 0 radical (unpaired) electrons. The SMILES string of the molecule is CCCC(C)(CN(C)C)C(C)NC(=O)c1cc(CC)on1. The molecule has 1 aromatic rings. The van der Waals surface area contributed by atoms with Gasteiger partial charge in [0.15, 0.2) is 5.69 Å². The molecule has 5 nitrogen and oxygen atoms in total. The molecule has 0 fully saturated rings. The zero-order valence-electron chi connectivity index (χ0n) is 14.2. The Hall–Kier alpha value is -1.36. The average Bonchev–Trinajstić information content (AvgIpc) is 2.86. The van der Waals surface area contributed by atoms with Gasteiger partial charge in [-0.15, -0.1) is 0 Å². The van der Waals surface area contributed by atoms with Crippen molar-refractivity contribution in [2.45, 2.75) is 53.0 Å². The van der Waals surface area contributed by atoms with Gasteiger partial charge in [0, 0.05) is 30.5 Å². The molecule has 0 bridgehead atoms. The molecule has 21 heavy (non-hydrogen) atoms. The highest BCUT2D eigenvalue weighted by molar-refractivity contribution is 5.92. The highest BCUT2D eigenvalue weighted by Gasteiger charge is 2.32. The highest BCUT2D eigenvalue weighted by atomic mass is 16.5. The molecular formula is C16H29N3O2. The molecule has 0 aromatic carbocycles. The number of amides is 1. The van der Waals surface area contributed by atoms with E-state index in [1.165, 1.54) is 0 Å². The predicted molar refractivity (Wildman–Crippen MR) is 84.4 cm³/mol. The van der Waals surface area contributed by atoms with Crippen LogP contribution in [0.1, 0.15) is 56.8 Å². The normalized spacial score (nSPS) is 15.8. The first kappa shape index (κ1) is 17.7. The lowest BCUT2D eigenvalue weighted by molar-refractivity contribution is 0.0847. The second-order valence-electron chi connectivity index (χ2n) is 6.37. The first-order valence-electron chi connectivity index (χ1n) is 7.73. The second kappa shape index (κ2) is 7.59. The Balaban J connectivity index is 2.75. The molecule has 0 aliphatic carbocycles. The molecule has 1 rings (SSSR count). The van der Waals surface area contributed by atoms with Crippen molar-refractivity contribution in [3.63, 3.8) is 0 Å². The minimum atomic E-state index is -0.160. The van der Waals surface area contributed by atoms with Gasteiger partial charge in [-0.25, -0.2) is 0 Å². The molecule has 1 N–H and O–H groups in total. The molecule has 2 unspecified atom stereocenters. The summed E-state index contributed by atoms with van der Waals surface area (Å²) in [7, 11) is 4.13. The smallest absolute Gasteiger partial charge is 0.273 e. The summed E-state index contributed by atoms with van der Waals surface area (Å²) in [5.74, 6) is 0.574. The molecule has 0 aliphatic heterocycles. The summed E-state index contributed by atoms with van der Waals surface area (Å²) in [5, 5.41) is 6.91. The number of nitrogens with zero attached hydrogens (tertiary/aromatic N) is 2. The number of aryl methyl sites for hydroxylation is 1. The summed E-state index contributed by atoms with van der Waals surface area (Å²) in [6.07, 6.45) is 2.89. The first-order valence-corrected chi connectivity index (χ1v) is 7.73. The largest absolute Gasteiger partial charge is 0.361 e. The van der Waals surface area contributed by atoms with Gasteiger partial charge in [0.25, 0.3) is 5.91 Å². The van der Waals surface area contributed by atoms with Gasteiger partial charge < -0.3 is 14.7 Å². The summed E-state index contributed by atoms with van der Waals surface area (Å²) in [5.41, 5.74) is 0.396. The van der Waals surface area contributed by atoms with Crippen molar-refractivity contribution in [2.24, 2.45) is 5.41 Å². The Morgan fingerprint density at radius 3 is 2.62 bits per heavy atom. The fourth-order valence-corrected chi connectivity index (χ4v) is 2.76. The van der Waals surface area contributed by atoms with E-state index in [1.54, 1.807) is 6.07 Å². The first-order chi connectivity index (χ1) is 9.82. The quantitative estimate of drug-likeness (QED) is 0.801. The number of aromatic nitrogens is 1. The van der Waals surface area contributed by atoms with Crippen molar-refractivity contribution >= 4 is 5.91 Å². The average molecular weight is 295 g/mol. The van der Waals surface area contributed by atoms with E-state index in [4.69, 9.17) is 4.52 Å². The van der Waals surface area contributed by atoms with Crippen LogP contribution in [-0.2, 0) is 6.42 Å². The minimum absolute atomic E-state index is 0.0330. The van der Waals surface area contributed by atoms with Crippen LogP contribution in [0.2, 0.25) is 0 Å². The number of hydrogen-bond donors (Lipinski definition) is 1. The van der Waals surface area contributed by atoms with Crippen LogP contribution in [0, 0.1) is 5.41 Å². The van der Waals surface area contributed by atoms with E-state index in [1.807, 2.05) is 6.92 Å². The summed E-state index contributed by atoms with van der Waals surface area (Å²) in [6, 6.07) is 1.78. The zero-order valence-corrected chi connectivity index (χ0v) is 14.2. The van der Waals surface area contributed by atoms with E-state index in [9.17, 15) is 4.79 Å². The third-order valence-corrected chi connectivity index (χ3v) is 4.03. The maximum Gasteiger partial charge on any atom is 0.273 e. The number of hydrogen-bond acceptors (Lipinski definition) is 4. The van der Waals surface area contributed by atoms with Gasteiger partial charge in [0.05, 0.1) is 0 Å². The number of rotatable bonds is 8. The number of nitrogens with one attached hydrogen (secondary N) is 1. The van der Waals surface area contributed by atoms with Gasteiger partial charge >= 0.3 is 0 Å². The van der Waals surface area contributed by atoms with Gasteiger partial charge in [-0.1, -0.05) is 32.3 Å². The van der Waals surface area contributed by atoms with Crippen molar-refractivity contribution in [3.05, 3.63) is 17.5 Å². The summed E-state index contributed by atoms with van der Waals surface area (Å²) < 4.78 is 5.10. The maximum absolute atomic E-state index is 12.3. The third-order valence-electron chi connectivity index (χ3n) is 4.03.